The third-order valence-electron chi connectivity index (χ3n) is 6.75. The highest BCUT2D eigenvalue weighted by Gasteiger charge is 2.51. The molecule has 0 aromatic carbocycles. The van der Waals surface area contributed by atoms with E-state index < -0.39 is 5.97 Å². The number of urea groups is 1. The van der Waals surface area contributed by atoms with Crippen molar-refractivity contribution in [3.8, 4) is 0 Å². The summed E-state index contributed by atoms with van der Waals surface area (Å²) in [5.41, 5.74) is 0.275. The molecular formula is C21H31N3O4S. The fraction of sp³-hybridized carbons (Fsp3) is 0.762. The number of hydrogen-bond donors (Lipinski definition) is 1. The topological polar surface area (TPSA) is 80.8 Å². The number of esters is 1. The lowest BCUT2D eigenvalue weighted by Crippen LogP contribution is -2.61. The normalized spacial score (nSPS) is 29.7. The van der Waals surface area contributed by atoms with Crippen molar-refractivity contribution >= 4 is 23.3 Å². The van der Waals surface area contributed by atoms with Crippen molar-refractivity contribution in [2.45, 2.75) is 57.0 Å². The molecule has 4 saturated carbocycles. The lowest BCUT2D eigenvalue weighted by Gasteiger charge is -2.57. The van der Waals surface area contributed by atoms with E-state index >= 15 is 0 Å². The number of carbonyl (C=O) groups is 2. The molecule has 29 heavy (non-hydrogen) atoms. The zero-order valence-corrected chi connectivity index (χ0v) is 18.1. The van der Waals surface area contributed by atoms with Gasteiger partial charge in [0.25, 0.3) is 0 Å². The van der Waals surface area contributed by atoms with Gasteiger partial charge in [-0.2, -0.15) is 0 Å². The fourth-order valence-corrected chi connectivity index (χ4v) is 6.74. The zero-order chi connectivity index (χ0) is 20.4. The van der Waals surface area contributed by atoms with Gasteiger partial charge in [0.05, 0.1) is 13.7 Å². The Hall–Kier alpha value is -1.67. The molecule has 0 saturated heterocycles. The van der Waals surface area contributed by atoms with Crippen molar-refractivity contribution in [1.82, 2.24) is 15.2 Å². The van der Waals surface area contributed by atoms with Crippen LogP contribution in [0.1, 0.15) is 60.4 Å². The molecule has 160 valence electrons. The van der Waals surface area contributed by atoms with Gasteiger partial charge in [-0.15, -0.1) is 11.3 Å². The Kier molecular flexibility index (Phi) is 6.11. The molecule has 1 N–H and O–H groups in total. The van der Waals surface area contributed by atoms with Crippen LogP contribution in [0.2, 0.25) is 0 Å². The number of nitrogens with zero attached hydrogens (tertiary/aromatic N) is 2. The Morgan fingerprint density at radius 1 is 1.21 bits per heavy atom. The van der Waals surface area contributed by atoms with E-state index in [9.17, 15) is 9.59 Å². The summed E-state index contributed by atoms with van der Waals surface area (Å²) in [5, 5.41) is 5.87. The number of methoxy groups -OCH3 is 2. The molecule has 4 aliphatic rings. The molecule has 1 heterocycles. The van der Waals surface area contributed by atoms with Crippen LogP contribution in [0.4, 0.5) is 4.79 Å². The molecule has 0 atom stereocenters. The molecule has 4 fully saturated rings. The van der Waals surface area contributed by atoms with E-state index in [0.29, 0.717) is 25.4 Å². The minimum Gasteiger partial charge on any atom is -0.464 e. The van der Waals surface area contributed by atoms with E-state index in [1.807, 2.05) is 4.90 Å². The van der Waals surface area contributed by atoms with Crippen molar-refractivity contribution in [3.63, 3.8) is 0 Å². The molecule has 4 bridgehead atoms. The molecule has 1 aromatic heterocycles. The fourth-order valence-electron chi connectivity index (χ4n) is 5.97. The molecule has 8 heteroatoms. The third-order valence-corrected chi connectivity index (χ3v) is 7.58. The van der Waals surface area contributed by atoms with Gasteiger partial charge < -0.3 is 19.7 Å². The van der Waals surface area contributed by atoms with E-state index in [2.05, 4.69) is 10.3 Å². The third kappa shape index (κ3) is 4.58. The number of aromatic nitrogens is 1. The Labute approximate surface area is 176 Å². The standard InChI is InChI=1S/C21H31N3O4S/c1-27-5-3-4-24(12-18-22-17(13-29-18)19(25)28-2)20(26)23-21-9-14-6-15(10-21)8-16(7-14)11-21/h13-16H,3-12H2,1-2H3,(H,23,26). The van der Waals surface area contributed by atoms with Gasteiger partial charge in [0.2, 0.25) is 0 Å². The molecule has 0 spiro atoms. The number of amides is 2. The number of nitrogens with one attached hydrogen (secondary N) is 1. The minimum atomic E-state index is -0.448. The van der Waals surface area contributed by atoms with Crippen LogP contribution in [0.15, 0.2) is 5.38 Å². The summed E-state index contributed by atoms with van der Waals surface area (Å²) < 4.78 is 9.91. The van der Waals surface area contributed by atoms with Gasteiger partial charge in [-0.05, 0) is 62.7 Å². The van der Waals surface area contributed by atoms with Gasteiger partial charge >= 0.3 is 12.0 Å². The van der Waals surface area contributed by atoms with Crippen LogP contribution < -0.4 is 5.32 Å². The quantitative estimate of drug-likeness (QED) is 0.514. The first-order valence-corrected chi connectivity index (χ1v) is 11.5. The van der Waals surface area contributed by atoms with Crippen LogP contribution in [0, 0.1) is 17.8 Å². The molecule has 7 nitrogen and oxygen atoms in total. The summed E-state index contributed by atoms with van der Waals surface area (Å²) in [7, 11) is 3.01. The monoisotopic (exact) mass is 421 g/mol. The molecule has 5 rings (SSSR count). The second-order valence-corrected chi connectivity index (χ2v) is 9.96. The zero-order valence-electron chi connectivity index (χ0n) is 17.3. The summed E-state index contributed by atoms with van der Waals surface area (Å²) in [6.45, 7) is 1.59. The number of ether oxygens (including phenoxy) is 2. The summed E-state index contributed by atoms with van der Waals surface area (Å²) in [6, 6.07) is -0.0159. The first kappa shape index (κ1) is 20.6. The summed E-state index contributed by atoms with van der Waals surface area (Å²) >= 11 is 1.38. The molecule has 0 unspecified atom stereocenters. The van der Waals surface area contributed by atoms with Crippen LogP contribution in [0.3, 0.4) is 0 Å². The molecule has 1 aromatic rings. The van der Waals surface area contributed by atoms with Crippen molar-refractivity contribution < 1.29 is 19.1 Å². The molecule has 0 aliphatic heterocycles. The summed E-state index contributed by atoms with van der Waals surface area (Å²) in [6.07, 6.45) is 8.19. The van der Waals surface area contributed by atoms with E-state index in [-0.39, 0.29) is 11.6 Å². The maximum atomic E-state index is 13.3. The predicted octanol–water partition coefficient (Wildman–Crippen LogP) is 3.45. The van der Waals surface area contributed by atoms with Crippen molar-refractivity contribution in [3.05, 3.63) is 16.1 Å². The van der Waals surface area contributed by atoms with Gasteiger partial charge in [-0.1, -0.05) is 0 Å². The van der Waals surface area contributed by atoms with Crippen LogP contribution in [-0.4, -0.2) is 54.8 Å². The average molecular weight is 422 g/mol. The Morgan fingerprint density at radius 3 is 2.45 bits per heavy atom. The maximum absolute atomic E-state index is 13.3. The van der Waals surface area contributed by atoms with Crippen LogP contribution in [0.25, 0.3) is 0 Å². The van der Waals surface area contributed by atoms with Crippen LogP contribution in [0.5, 0.6) is 0 Å². The van der Waals surface area contributed by atoms with Gasteiger partial charge in [0.1, 0.15) is 5.01 Å². The largest absolute Gasteiger partial charge is 0.464 e. The number of rotatable bonds is 8. The van der Waals surface area contributed by atoms with Crippen molar-refractivity contribution in [2.75, 3.05) is 27.4 Å². The van der Waals surface area contributed by atoms with Gasteiger partial charge in [-0.3, -0.25) is 0 Å². The highest BCUT2D eigenvalue weighted by Crippen LogP contribution is 2.55. The van der Waals surface area contributed by atoms with Crippen molar-refractivity contribution in [2.24, 2.45) is 17.8 Å². The lowest BCUT2D eigenvalue weighted by molar-refractivity contribution is -0.0159. The molecule has 0 radical (unpaired) electrons. The van der Waals surface area contributed by atoms with Gasteiger partial charge in [0.15, 0.2) is 5.69 Å². The lowest BCUT2D eigenvalue weighted by atomic mass is 9.53. The van der Waals surface area contributed by atoms with Crippen LogP contribution >= 0.6 is 11.3 Å². The van der Waals surface area contributed by atoms with E-state index in [1.165, 1.54) is 37.7 Å². The smallest absolute Gasteiger partial charge is 0.357 e. The minimum absolute atomic E-state index is 0.0159. The molecule has 2 amide bonds. The molecule has 4 aliphatic carbocycles. The second kappa shape index (κ2) is 8.60. The highest BCUT2D eigenvalue weighted by atomic mass is 32.1. The maximum Gasteiger partial charge on any atom is 0.357 e. The van der Waals surface area contributed by atoms with Crippen LogP contribution in [-0.2, 0) is 16.0 Å². The van der Waals surface area contributed by atoms with Crippen molar-refractivity contribution in [1.29, 1.82) is 0 Å². The Balaban J connectivity index is 1.43. The number of carbonyl (C=O) groups excluding carboxylic acids is 2. The summed E-state index contributed by atoms with van der Waals surface area (Å²) in [5.74, 6) is 1.90. The number of hydrogen-bond acceptors (Lipinski definition) is 6. The van der Waals surface area contributed by atoms with Gasteiger partial charge in [0, 0.05) is 31.2 Å². The first-order valence-electron chi connectivity index (χ1n) is 10.6. The Morgan fingerprint density at radius 2 is 1.86 bits per heavy atom. The first-order chi connectivity index (χ1) is 14.0. The Bertz CT molecular complexity index is 715. The van der Waals surface area contributed by atoms with E-state index in [4.69, 9.17) is 9.47 Å². The summed E-state index contributed by atoms with van der Waals surface area (Å²) in [4.78, 5) is 31.1. The number of thiazole rings is 1. The highest BCUT2D eigenvalue weighted by molar-refractivity contribution is 7.09. The van der Waals surface area contributed by atoms with E-state index in [1.54, 1.807) is 12.5 Å². The predicted molar refractivity (Wildman–Crippen MR) is 110 cm³/mol. The second-order valence-electron chi connectivity index (χ2n) is 9.01. The molecular weight excluding hydrogens is 390 g/mol. The average Bonchev–Trinajstić information content (AvgIpc) is 3.14. The van der Waals surface area contributed by atoms with E-state index in [0.717, 1.165) is 48.4 Å². The SMILES string of the molecule is COCCCN(Cc1nc(C(=O)OC)cs1)C(=O)NC12CC3CC(CC(C3)C1)C2. The van der Waals surface area contributed by atoms with Gasteiger partial charge in [-0.25, -0.2) is 14.6 Å².